The van der Waals surface area contributed by atoms with Gasteiger partial charge in [-0.15, -0.1) is 0 Å². The first kappa shape index (κ1) is 22.8. The molecule has 0 bridgehead atoms. The first-order valence-electron chi connectivity index (χ1n) is 56.2. The lowest BCUT2D eigenvalue weighted by Gasteiger charge is -2.28. The zero-order valence-corrected chi connectivity index (χ0v) is 47.7. The monoisotopic (exact) mass is 1260 g/mol. The van der Waals surface area contributed by atoms with Gasteiger partial charge in [0.15, 0.2) is 0 Å². The molecule has 16 aromatic rings. The topological polar surface area (TPSA) is 16.3 Å². The predicted octanol–water partition coefficient (Wildman–Crippen LogP) is 24.5. The summed E-state index contributed by atoms with van der Waals surface area (Å²) in [6, 6.07) is -26.8. The summed E-state index contributed by atoms with van der Waals surface area (Å²) in [5.74, 6) is 0. The number of hydrogen-bond acceptors (Lipinski definition) is 2. The van der Waals surface area contributed by atoms with Gasteiger partial charge in [-0.1, -0.05) is 233 Å². The van der Waals surface area contributed by atoms with Crippen molar-refractivity contribution in [2.45, 2.75) is 38.2 Å². The van der Waals surface area contributed by atoms with Crippen molar-refractivity contribution < 1.29 is 76.8 Å². The van der Waals surface area contributed by atoms with E-state index in [1.54, 1.807) is 18.2 Å². The molecular formula is C90H68N4. The van der Waals surface area contributed by atoms with Crippen molar-refractivity contribution in [3.05, 3.63) is 361 Å². The molecule has 2 heterocycles. The van der Waals surface area contributed by atoms with Crippen molar-refractivity contribution in [1.29, 1.82) is 0 Å². The lowest BCUT2D eigenvalue weighted by atomic mass is 9.82. The fraction of sp³-hybridized carbons (Fsp3) is 0.0667. The Labute approximate surface area is 628 Å². The molecule has 0 unspecified atom stereocenters. The third kappa shape index (κ3) is 9.35. The molecule has 0 N–H and O–H groups in total. The summed E-state index contributed by atoms with van der Waals surface area (Å²) < 4.78 is 506. The Morgan fingerprint density at radius 3 is 1.36 bits per heavy atom. The van der Waals surface area contributed by atoms with Crippen molar-refractivity contribution >= 4 is 77.7 Å². The van der Waals surface area contributed by atoms with Gasteiger partial charge in [-0.2, -0.15) is 0 Å². The molecule has 448 valence electrons. The van der Waals surface area contributed by atoms with Crippen LogP contribution in [-0.2, 0) is 10.8 Å². The predicted molar refractivity (Wildman–Crippen MR) is 397 cm³/mol. The van der Waals surface area contributed by atoms with Gasteiger partial charge in [0.2, 0.25) is 0 Å². The molecule has 4 nitrogen and oxygen atoms in total. The van der Waals surface area contributed by atoms with E-state index in [0.717, 1.165) is 16.6 Å². The van der Waals surface area contributed by atoms with E-state index in [1.165, 1.54) is 0 Å². The Kier molecular flexibility index (Phi) is 5.49. The van der Waals surface area contributed by atoms with Crippen molar-refractivity contribution in [2.24, 2.45) is 0 Å². The Bertz CT molecular complexity index is 8690. The van der Waals surface area contributed by atoms with Gasteiger partial charge in [-0.25, -0.2) is 0 Å². The van der Waals surface area contributed by atoms with E-state index < -0.39 is 421 Å². The maximum absolute atomic E-state index is 9.93. The van der Waals surface area contributed by atoms with E-state index in [2.05, 4.69) is 0 Å². The van der Waals surface area contributed by atoms with Crippen LogP contribution >= 0.6 is 0 Å². The number of hydrogen-bond donors (Lipinski definition) is 0. The molecule has 0 amide bonds. The van der Waals surface area contributed by atoms with Gasteiger partial charge < -0.3 is 18.9 Å². The van der Waals surface area contributed by atoms with Gasteiger partial charge in [0, 0.05) is 94.3 Å². The van der Waals surface area contributed by atoms with E-state index >= 15 is 0 Å². The first-order chi connectivity index (χ1) is 69.5. The Balaban J connectivity index is 0.000000207. The molecule has 4 heteroatoms. The smallest absolute Gasteiger partial charge is 0.0651 e. The molecule has 0 fully saturated rings. The second-order valence-corrected chi connectivity index (χ2v) is 20.9. The molecule has 0 radical (unpaired) electrons. The molecule has 14 aromatic carbocycles. The quantitative estimate of drug-likeness (QED) is 0.136. The van der Waals surface area contributed by atoms with Crippen LogP contribution in [0.25, 0.3) is 99.5 Å². The molecule has 2 aliphatic rings. The average Bonchev–Trinajstić information content (AvgIpc) is 1.50. The highest BCUT2D eigenvalue weighted by Gasteiger charge is 2.37. The summed E-state index contributed by atoms with van der Waals surface area (Å²) in [6.07, 6.45) is 0. The minimum atomic E-state index is -4.01. The summed E-state index contributed by atoms with van der Waals surface area (Å²) in [7, 11) is 0. The van der Waals surface area contributed by atoms with Crippen molar-refractivity contribution in [1.82, 2.24) is 9.13 Å². The summed E-state index contributed by atoms with van der Waals surface area (Å²) in [6.45, 7) is -15.7. The molecule has 0 spiro atoms. The van der Waals surface area contributed by atoms with Crippen LogP contribution in [0.3, 0.4) is 0 Å². The second kappa shape index (κ2) is 22.6. The Morgan fingerprint density at radius 1 is 0.277 bits per heavy atom. The van der Waals surface area contributed by atoms with Gasteiger partial charge in [0.25, 0.3) is 0 Å². The number of anilines is 6. The van der Waals surface area contributed by atoms with Crippen LogP contribution in [-0.4, -0.2) is 9.13 Å². The molecular weight excluding hydrogens is 1140 g/mol. The number of aromatic nitrogens is 2. The second-order valence-electron chi connectivity index (χ2n) is 20.9. The Hall–Kier alpha value is -11.7. The number of benzene rings is 14. The van der Waals surface area contributed by atoms with E-state index in [1.807, 2.05) is 59.2 Å². The zero-order valence-electron chi connectivity index (χ0n) is 104. The molecule has 2 aromatic heterocycles. The average molecular weight is 1260 g/mol. The minimum absolute atomic E-state index is 0.124. The number of fused-ring (bicyclic) bond motifs is 12. The third-order valence-corrected chi connectivity index (χ3v) is 15.6. The van der Waals surface area contributed by atoms with E-state index in [0.29, 0.717) is 20.4 Å². The van der Waals surface area contributed by atoms with Crippen molar-refractivity contribution in [2.75, 3.05) is 9.80 Å². The summed E-state index contributed by atoms with van der Waals surface area (Å²) in [5.41, 5.74) is -24.8. The van der Waals surface area contributed by atoms with E-state index in [-0.39, 0.29) is 16.0 Å². The normalized spacial score (nSPS) is 22.0. The van der Waals surface area contributed by atoms with Crippen LogP contribution < -0.4 is 9.80 Å². The molecule has 94 heavy (non-hydrogen) atoms. The van der Waals surface area contributed by atoms with Gasteiger partial charge in [0.1, 0.15) is 0 Å². The van der Waals surface area contributed by atoms with Crippen LogP contribution in [0.4, 0.5) is 34.1 Å². The lowest BCUT2D eigenvalue weighted by Crippen LogP contribution is -2.16. The first-order valence-corrected chi connectivity index (χ1v) is 28.2. The van der Waals surface area contributed by atoms with Crippen molar-refractivity contribution in [3.8, 4) is 55.9 Å². The molecule has 2 aliphatic carbocycles. The van der Waals surface area contributed by atoms with Crippen LogP contribution in [0.2, 0.25) is 0 Å². The SMILES string of the molecule is [2H]c1c([2H])c([2H])c(N(c2c([2H])c([2H])c([2H])c(-c3c([2H])c([2H])c4c(c3[2H])c3c([2H])c([2H])c([2H])c([2H])c3n4-c3c([2H])c([2H])c([2H])c([2H])c3[2H])c2[2H])c2c([2H])c([2H])c3c(c2[2H])C(C([2H])([2H])[2H])(C([2H])([2H])[2H])c2c([2H])c([2H])c([2H])c([2H])c2-3)c([2H])c1[2H].[2H]c1c([2H])c([2H])c(N(c2c([2H])c([2H])c([2H])c(-c3ccc4c(c3)c3ccccc3n4-c3ccccc3)c2[2H])c2c([2H])c([2H])c3c(c2[2H])C(C([2H])([2H])[2H])(C([2H])([2H])[2H])c2c([2H])c([2H])c([2H])c([2H])c2-3)c([2H])c1[2H]. The summed E-state index contributed by atoms with van der Waals surface area (Å²) >= 11 is 0. The molecule has 0 aliphatic heterocycles. The number of rotatable bonds is 10. The molecule has 18 rings (SSSR count). The molecule has 0 saturated carbocycles. The molecule has 0 atom stereocenters. The summed E-state index contributed by atoms with van der Waals surface area (Å²) in [4.78, 5) is 0.654. The fourth-order valence-electron chi connectivity index (χ4n) is 11.5. The van der Waals surface area contributed by atoms with Crippen LogP contribution in [0.5, 0.6) is 0 Å². The van der Waals surface area contributed by atoms with Crippen LogP contribution in [0, 0.1) is 0 Å². The number of para-hydroxylation sites is 6. The highest BCUT2D eigenvalue weighted by Crippen LogP contribution is 2.53. The summed E-state index contributed by atoms with van der Waals surface area (Å²) in [5, 5.41) is -0.0645. The fourth-order valence-corrected chi connectivity index (χ4v) is 11.5. The van der Waals surface area contributed by atoms with Gasteiger partial charge in [-0.3, -0.25) is 0 Å². The lowest BCUT2D eigenvalue weighted by molar-refractivity contribution is 0.660. The van der Waals surface area contributed by atoms with Crippen molar-refractivity contribution in [3.63, 3.8) is 0 Å². The largest absolute Gasteiger partial charge is 0.310 e. The zero-order chi connectivity index (χ0) is 111. The van der Waals surface area contributed by atoms with E-state index in [9.17, 15) is 21.9 Å². The third-order valence-electron chi connectivity index (χ3n) is 15.6. The van der Waals surface area contributed by atoms with E-state index in [4.69, 9.17) is 54.8 Å². The highest BCUT2D eigenvalue weighted by atomic mass is 15.1. The van der Waals surface area contributed by atoms with Crippen LogP contribution in [0.15, 0.2) is 339 Å². The highest BCUT2D eigenvalue weighted by molar-refractivity contribution is 6.12. The minimum Gasteiger partial charge on any atom is -0.310 e. The Morgan fingerprint density at radius 2 is 0.745 bits per heavy atom. The standard InChI is InChI=1S/2C45H34N2/c2*1-45(2)41-22-11-9-20-37(41)38-26-25-36(30-42(38)45)46(33-15-5-3-6-16-33)35-19-13-14-31(28-35)32-24-27-44-40(29-32)39-21-10-12-23-43(39)47(44)34-17-7-4-8-18-34/h2*3-30H,1-2H3/i1D3,2D3,3D,4D,5D,6D,7D,8D,9D,10D,11D,12D,13D,14D,15D,16D,17D,18D,19D,20D,21D,22D,23D,24D,25D,26D,27D,28D,29D,30D;1D3,2D3,3D,5D,6D,9D,11D,13D,14D,15D,16D,19D,20D,22D,25D,26D,28D,30D. The number of nitrogens with zero attached hydrogens (tertiary/aromatic N) is 4. The van der Waals surface area contributed by atoms with Crippen LogP contribution in [0.1, 0.15) is 126 Å². The maximum Gasteiger partial charge on any atom is 0.0651 e. The van der Waals surface area contributed by atoms with Gasteiger partial charge in [0.05, 0.1) is 82.4 Å². The van der Waals surface area contributed by atoms with Gasteiger partial charge in [-0.05, 0) is 200 Å². The van der Waals surface area contributed by atoms with Gasteiger partial charge >= 0.3 is 0 Å². The maximum atomic E-state index is 9.93. The molecule has 0 saturated heterocycles.